The van der Waals surface area contributed by atoms with Crippen LogP contribution in [0.5, 0.6) is 5.75 Å². The van der Waals surface area contributed by atoms with E-state index in [1.165, 1.54) is 11.1 Å². The van der Waals surface area contributed by atoms with E-state index in [1.807, 2.05) is 18.2 Å². The zero-order chi connectivity index (χ0) is 24.7. The highest BCUT2D eigenvalue weighted by Gasteiger charge is 2.40. The van der Waals surface area contributed by atoms with Crippen molar-refractivity contribution in [3.05, 3.63) is 64.7 Å². The third-order valence-electron chi connectivity index (χ3n) is 6.51. The number of hydrogen-bond donors (Lipinski definition) is 7. The number of ether oxygens (including phenoxy) is 1. The van der Waals surface area contributed by atoms with Gasteiger partial charge in [-0.1, -0.05) is 30.3 Å². The van der Waals surface area contributed by atoms with Crippen LogP contribution in [-0.2, 0) is 6.42 Å². The van der Waals surface area contributed by atoms with Gasteiger partial charge in [0.2, 0.25) is 0 Å². The molecule has 0 amide bonds. The van der Waals surface area contributed by atoms with Crippen molar-refractivity contribution in [1.82, 2.24) is 5.32 Å². The van der Waals surface area contributed by atoms with E-state index in [9.17, 15) is 15.3 Å². The average molecular weight is 494 g/mol. The summed E-state index contributed by atoms with van der Waals surface area (Å²) in [7, 11) is -0.643. The van der Waals surface area contributed by atoms with Crippen molar-refractivity contribution in [2.24, 2.45) is 0 Å². The third-order valence-corrected chi connectivity index (χ3v) is 9.02. The number of benzene rings is 2. The highest BCUT2D eigenvalue weighted by atomic mass is 32.2. The molecule has 8 heteroatoms. The van der Waals surface area contributed by atoms with Crippen molar-refractivity contribution in [1.29, 1.82) is 0 Å². The number of rotatable bonds is 11. The second-order valence-corrected chi connectivity index (χ2v) is 11.6. The Morgan fingerprint density at radius 2 is 1.74 bits per heavy atom. The van der Waals surface area contributed by atoms with Crippen LogP contribution in [0, 0.1) is 6.92 Å². The van der Waals surface area contributed by atoms with Gasteiger partial charge in [-0.25, -0.2) is 10.9 Å². The topological polar surface area (TPSA) is 122 Å². The van der Waals surface area contributed by atoms with Crippen LogP contribution in [0.1, 0.15) is 33.9 Å². The maximum Gasteiger partial charge on any atom is 0.119 e. The molecule has 5 atom stereocenters. The quantitative estimate of drug-likeness (QED) is 0.185. The molecule has 0 saturated carbocycles. The van der Waals surface area contributed by atoms with Gasteiger partial charge in [0.05, 0.1) is 38.1 Å². The molecule has 1 fully saturated rings. The zero-order valence-electron chi connectivity index (χ0n) is 20.0. The van der Waals surface area contributed by atoms with E-state index in [0.29, 0.717) is 18.9 Å². The molecule has 7 nitrogen and oxygen atoms in total. The van der Waals surface area contributed by atoms with Crippen LogP contribution in [0.4, 0.5) is 0 Å². The van der Waals surface area contributed by atoms with Gasteiger partial charge in [-0.05, 0) is 67.0 Å². The maximum absolute atomic E-state index is 10.6. The van der Waals surface area contributed by atoms with Crippen LogP contribution < -0.4 is 10.1 Å². The first-order chi connectivity index (χ1) is 16.3. The van der Waals surface area contributed by atoms with E-state index in [-0.39, 0.29) is 24.5 Å². The van der Waals surface area contributed by atoms with E-state index in [2.05, 4.69) is 42.8 Å². The Kier molecular flexibility index (Phi) is 10.2. The van der Waals surface area contributed by atoms with Crippen LogP contribution in [-0.4, -0.2) is 88.3 Å². The fraction of sp³-hybridized carbons (Fsp3) is 0.538. The van der Waals surface area contributed by atoms with E-state index < -0.39 is 29.2 Å². The Morgan fingerprint density at radius 3 is 2.41 bits per heavy atom. The number of aliphatic hydroxyl groups excluding tert-OH is 5. The molecule has 6 N–H and O–H groups in total. The molecule has 1 saturated heterocycles. The van der Waals surface area contributed by atoms with Gasteiger partial charge in [0.25, 0.3) is 0 Å². The molecule has 2 unspecified atom stereocenters. The molecule has 0 aromatic heterocycles. The van der Waals surface area contributed by atoms with Crippen molar-refractivity contribution in [3.63, 3.8) is 0 Å². The largest absolute Gasteiger partial charge is 0.494 e. The Morgan fingerprint density at radius 1 is 1.03 bits per heavy atom. The number of nitrogens with one attached hydrogen (secondary N) is 1. The van der Waals surface area contributed by atoms with E-state index in [0.717, 1.165) is 29.7 Å². The Balaban J connectivity index is 1.58. The van der Waals surface area contributed by atoms with Crippen LogP contribution in [0.2, 0.25) is 0 Å². The predicted molar refractivity (Wildman–Crippen MR) is 137 cm³/mol. The Labute approximate surface area is 204 Å². The summed E-state index contributed by atoms with van der Waals surface area (Å²) in [6.07, 6.45) is 0.668. The molecule has 2 aromatic rings. The van der Waals surface area contributed by atoms with E-state index >= 15 is 0 Å². The van der Waals surface area contributed by atoms with Crippen LogP contribution in [0.3, 0.4) is 0 Å². The first-order valence-electron chi connectivity index (χ1n) is 11.8. The van der Waals surface area contributed by atoms with Crippen molar-refractivity contribution in [3.8, 4) is 5.75 Å². The second kappa shape index (κ2) is 12.9. The maximum atomic E-state index is 10.6. The summed E-state index contributed by atoms with van der Waals surface area (Å²) in [4.78, 5) is 0. The van der Waals surface area contributed by atoms with Crippen LogP contribution >= 0.6 is 10.9 Å². The summed E-state index contributed by atoms with van der Waals surface area (Å²) in [6.45, 7) is 3.10. The van der Waals surface area contributed by atoms with Gasteiger partial charge in [-0.15, -0.1) is 0 Å². The van der Waals surface area contributed by atoms with Crippen LogP contribution in [0.15, 0.2) is 42.5 Å². The summed E-state index contributed by atoms with van der Waals surface area (Å²) < 4.78 is 5.79. The molecule has 0 spiro atoms. The predicted octanol–water partition coefficient (Wildman–Crippen LogP) is 1.07. The lowest BCUT2D eigenvalue weighted by molar-refractivity contribution is -0.0561. The smallest absolute Gasteiger partial charge is 0.119 e. The van der Waals surface area contributed by atoms with Crippen molar-refractivity contribution in [2.75, 3.05) is 38.4 Å². The molecule has 1 aliphatic heterocycles. The minimum atomic E-state index is -1.11. The van der Waals surface area contributed by atoms with Crippen LogP contribution in [0.25, 0.3) is 0 Å². The first kappa shape index (κ1) is 26.9. The molecule has 3 rings (SSSR count). The number of aliphatic hydroxyl groups is 5. The minimum Gasteiger partial charge on any atom is -0.494 e. The summed E-state index contributed by atoms with van der Waals surface area (Å²) in [5.41, 5.74) is 4.52. The van der Waals surface area contributed by atoms with Crippen molar-refractivity contribution < 1.29 is 30.3 Å². The van der Waals surface area contributed by atoms with E-state index in [4.69, 9.17) is 14.9 Å². The molecular formula is C26H39NO6S. The third kappa shape index (κ3) is 6.95. The summed E-state index contributed by atoms with van der Waals surface area (Å²) in [5.74, 6) is 1.33. The Hall–Kier alpha value is -1.65. The van der Waals surface area contributed by atoms with Crippen molar-refractivity contribution >= 4 is 10.9 Å². The number of aryl methyl sites for hydroxylation is 1. The summed E-state index contributed by atoms with van der Waals surface area (Å²) >= 11 is 0. The fourth-order valence-corrected chi connectivity index (χ4v) is 6.79. The SMILES string of the molecule is Cc1ccc(C2[C@H](O)[C@H](O)[C@H](O)C[SH]2C)cc1Cc1ccc(OCCCNC(CO)CO)cc1. The molecule has 0 radical (unpaired) electrons. The standard InChI is InChI=1S/C26H39NO6S/c1-17-4-7-19(26-25(32)24(31)23(30)16-34(26)2)13-20(17)12-18-5-8-22(9-6-18)33-11-3-10-27-21(14-28)15-29/h4-9,13,21,23-32,34H,3,10-12,14-16H2,1-2H3/t23-,24-,25-,26?/m1/s1. The van der Waals surface area contributed by atoms with Gasteiger partial charge in [-0.3, -0.25) is 0 Å². The van der Waals surface area contributed by atoms with Gasteiger partial charge in [0.1, 0.15) is 11.9 Å². The molecule has 190 valence electrons. The van der Waals surface area contributed by atoms with Gasteiger partial charge in [-0.2, -0.15) is 0 Å². The molecule has 0 bridgehead atoms. The second-order valence-electron chi connectivity index (χ2n) is 9.16. The highest BCUT2D eigenvalue weighted by molar-refractivity contribution is 8.16. The average Bonchev–Trinajstić information content (AvgIpc) is 2.83. The number of thiol groups is 1. The number of hydrogen-bond acceptors (Lipinski definition) is 7. The first-order valence-corrected chi connectivity index (χ1v) is 13.9. The molecular weight excluding hydrogens is 454 g/mol. The fourth-order valence-electron chi connectivity index (χ4n) is 4.39. The van der Waals surface area contributed by atoms with E-state index in [1.54, 1.807) is 0 Å². The summed E-state index contributed by atoms with van der Waals surface area (Å²) in [6, 6.07) is 14.0. The monoisotopic (exact) mass is 493 g/mol. The zero-order valence-corrected chi connectivity index (χ0v) is 20.9. The molecule has 34 heavy (non-hydrogen) atoms. The Bertz CT molecular complexity index is 891. The lowest BCUT2D eigenvalue weighted by Gasteiger charge is -2.42. The molecule has 1 heterocycles. The van der Waals surface area contributed by atoms with Gasteiger partial charge in [0.15, 0.2) is 0 Å². The molecule has 2 aromatic carbocycles. The van der Waals surface area contributed by atoms with Gasteiger partial charge >= 0.3 is 0 Å². The highest BCUT2D eigenvalue weighted by Crippen LogP contribution is 2.48. The normalized spacial score (nSPS) is 26.1. The minimum absolute atomic E-state index is 0.0898. The van der Waals surface area contributed by atoms with Gasteiger partial charge < -0.3 is 35.6 Å². The summed E-state index contributed by atoms with van der Waals surface area (Å²) in [5, 5.41) is 51.8. The van der Waals surface area contributed by atoms with Crippen molar-refractivity contribution in [2.45, 2.75) is 49.4 Å². The lowest BCUT2D eigenvalue weighted by atomic mass is 9.94. The molecule has 1 aliphatic rings. The molecule has 0 aliphatic carbocycles. The van der Waals surface area contributed by atoms with Gasteiger partial charge in [0, 0.05) is 11.0 Å². The lowest BCUT2D eigenvalue weighted by Crippen LogP contribution is -2.47.